The molecule has 0 unspecified atom stereocenters. The molecule has 5 N–H and O–H groups in total. The minimum atomic E-state index is -1.50. The number of amides is 1. The van der Waals surface area contributed by atoms with Gasteiger partial charge >= 0.3 is 108 Å². The van der Waals surface area contributed by atoms with Crippen molar-refractivity contribution in [3.05, 3.63) is 23.3 Å². The molecule has 1 amide bonds. The molecule has 1 heterocycles. The predicted octanol–water partition coefficient (Wildman–Crippen LogP) is -0.916. The van der Waals surface area contributed by atoms with Gasteiger partial charge in [0, 0.05) is 0 Å². The van der Waals surface area contributed by atoms with Crippen LogP contribution in [0, 0.1) is 16.9 Å². The van der Waals surface area contributed by atoms with E-state index in [4.69, 9.17) is 22.1 Å². The number of nitrogens with two attached hydrogens (primary N) is 2. The molecule has 0 fully saturated rings. The van der Waals surface area contributed by atoms with Crippen molar-refractivity contribution >= 4 is 48.8 Å². The van der Waals surface area contributed by atoms with E-state index in [0.29, 0.717) is 5.57 Å². The predicted molar refractivity (Wildman–Crippen MR) is 64.1 cm³/mol. The van der Waals surface area contributed by atoms with Gasteiger partial charge in [0.25, 0.3) is 0 Å². The van der Waals surface area contributed by atoms with Gasteiger partial charge in [0.2, 0.25) is 0 Å². The molecule has 0 aromatic carbocycles. The molecule has 1 aliphatic heterocycles. The Labute approximate surface area is 108 Å². The van der Waals surface area contributed by atoms with Crippen LogP contribution in [0.2, 0.25) is 0 Å². The van der Waals surface area contributed by atoms with Crippen molar-refractivity contribution in [2.75, 3.05) is 0 Å². The van der Waals surface area contributed by atoms with Crippen molar-refractivity contribution in [1.29, 1.82) is 10.7 Å². The van der Waals surface area contributed by atoms with Crippen molar-refractivity contribution < 1.29 is 4.79 Å². The number of thioether (sulfide) groups is 1. The van der Waals surface area contributed by atoms with Crippen LogP contribution in [0.4, 0.5) is 0 Å². The van der Waals surface area contributed by atoms with E-state index in [1.165, 1.54) is 2.89 Å². The fourth-order valence-electron chi connectivity index (χ4n) is 0.960. The van der Waals surface area contributed by atoms with Gasteiger partial charge in [-0.05, 0) is 0 Å². The second kappa shape index (κ2) is 5.23. The fraction of sp³-hybridized carbons (Fsp3) is 0. The van der Waals surface area contributed by atoms with Crippen LogP contribution in [0.15, 0.2) is 23.3 Å². The van der Waals surface area contributed by atoms with Gasteiger partial charge < -0.3 is 0 Å². The monoisotopic (exact) mass is 337 g/mol. The summed E-state index contributed by atoms with van der Waals surface area (Å²) >= 11 is -0.383. The van der Waals surface area contributed by atoms with E-state index in [0.717, 1.165) is 14.3 Å². The van der Waals surface area contributed by atoms with Gasteiger partial charge in [-0.25, -0.2) is 0 Å². The Morgan fingerprint density at radius 3 is 2.75 bits per heavy atom. The standard InChI is InChI=1S/C8H9N5OS.In/c1-5(8(12)14)15-3-6(7(10)11)2-13-4-9;/h2,9H,1H2,(H5,10,11,12,14);/q;+1/p-1. The number of amidine groups is 1. The number of nitrogens with zero attached hydrogens (tertiary/aromatic N) is 2. The normalized spacial score (nSPS) is 13.3. The molecular formula is C8H8InN5OS. The maximum absolute atomic E-state index is 10.8. The first-order valence-electron chi connectivity index (χ1n) is 4.08. The van der Waals surface area contributed by atoms with Gasteiger partial charge in [-0.1, -0.05) is 0 Å². The van der Waals surface area contributed by atoms with Gasteiger partial charge in [-0.2, -0.15) is 0 Å². The molecule has 0 aromatic rings. The second-order valence-electron chi connectivity index (χ2n) is 2.85. The summed E-state index contributed by atoms with van der Waals surface area (Å²) in [5.74, 6) is -0.706. The third-order valence-electron chi connectivity index (χ3n) is 1.70. The third-order valence-corrected chi connectivity index (χ3v) is 7.41. The summed E-state index contributed by atoms with van der Waals surface area (Å²) in [4.78, 5) is 11.0. The van der Waals surface area contributed by atoms with Crippen LogP contribution < -0.4 is 11.5 Å². The summed E-state index contributed by atoms with van der Waals surface area (Å²) in [6.07, 6.45) is 3.53. The van der Waals surface area contributed by atoms with E-state index in [1.807, 2.05) is 6.19 Å². The van der Waals surface area contributed by atoms with Crippen molar-refractivity contribution in [2.45, 2.75) is 0 Å². The van der Waals surface area contributed by atoms with Gasteiger partial charge in [0.05, 0.1) is 0 Å². The molecule has 8 heteroatoms. The summed E-state index contributed by atoms with van der Waals surface area (Å²) in [5, 5.41) is 16.1. The first kappa shape index (κ1) is 12.9. The molecule has 1 aliphatic rings. The number of hydrogen-bond donors (Lipinski definition) is 3. The summed E-state index contributed by atoms with van der Waals surface area (Å²) in [6, 6.07) is 0. The second-order valence-corrected chi connectivity index (χ2v) is 9.15. The average Bonchev–Trinajstić information content (AvgIpc) is 2.61. The average molecular weight is 337 g/mol. The van der Waals surface area contributed by atoms with Crippen LogP contribution in [-0.2, 0) is 4.79 Å². The maximum atomic E-state index is 10.8. The molecule has 0 aliphatic carbocycles. The number of carbonyl (C=O) groups excluding carboxylic acids is 1. The van der Waals surface area contributed by atoms with E-state index in [9.17, 15) is 4.79 Å². The Hall–Kier alpha value is -1.20. The van der Waals surface area contributed by atoms with Gasteiger partial charge in [-0.15, -0.1) is 0 Å². The first-order chi connectivity index (χ1) is 7.45. The zero-order chi connectivity index (χ0) is 12.3. The van der Waals surface area contributed by atoms with Crippen molar-refractivity contribution in [3.8, 4) is 6.19 Å². The number of nitriles is 1. The molecule has 6 nitrogen and oxygen atoms in total. The number of rotatable bonds is 4. The molecule has 0 radical (unpaired) electrons. The molecule has 0 spiro atoms. The molecule has 16 heavy (non-hydrogen) atoms. The fourth-order valence-corrected chi connectivity index (χ4v) is 6.66. The van der Waals surface area contributed by atoms with E-state index in [1.54, 1.807) is 6.20 Å². The quantitative estimate of drug-likeness (QED) is 0.265. The van der Waals surface area contributed by atoms with Crippen molar-refractivity contribution in [2.24, 2.45) is 11.5 Å². The van der Waals surface area contributed by atoms with E-state index >= 15 is 0 Å². The Morgan fingerprint density at radius 2 is 2.31 bits per heavy atom. The molecule has 0 atom stereocenters. The molecule has 0 aromatic heterocycles. The number of hydrogen-bond acceptors (Lipinski definition) is 5. The Balaban J connectivity index is 2.92. The first-order valence-corrected chi connectivity index (χ1v) is 8.02. The summed E-state index contributed by atoms with van der Waals surface area (Å²) in [5.41, 5.74) is 11.0. The van der Waals surface area contributed by atoms with Crippen molar-refractivity contribution in [3.63, 3.8) is 0 Å². The SMILES string of the molecule is C=C(S[C]1=[In][N](C#N)C=C1C(=N)N)C(N)=O. The topological polar surface area (TPSA) is 120 Å². The van der Waals surface area contributed by atoms with Gasteiger partial charge in [0.1, 0.15) is 0 Å². The summed E-state index contributed by atoms with van der Waals surface area (Å²) in [7, 11) is 0. The molecule has 80 valence electrons. The molecular weight excluding hydrogens is 329 g/mol. The van der Waals surface area contributed by atoms with Crippen LogP contribution >= 0.6 is 11.8 Å². The van der Waals surface area contributed by atoms with E-state index in [-0.39, 0.29) is 10.7 Å². The van der Waals surface area contributed by atoms with Crippen LogP contribution in [0.25, 0.3) is 0 Å². The number of primary amides is 1. The van der Waals surface area contributed by atoms with Crippen molar-refractivity contribution in [1.82, 2.24) is 2.89 Å². The number of nitrogens with one attached hydrogen (secondary N) is 1. The molecule has 1 rings (SSSR count). The van der Waals surface area contributed by atoms with E-state index < -0.39 is 28.6 Å². The Kier molecular flexibility index (Phi) is 4.20. The minimum absolute atomic E-state index is 0.108. The zero-order valence-electron chi connectivity index (χ0n) is 8.23. The number of carbonyl (C=O) groups is 1. The summed E-state index contributed by atoms with van der Waals surface area (Å²) < 4.78 is 2.32. The zero-order valence-corrected chi connectivity index (χ0v) is 12.3. The van der Waals surface area contributed by atoms with Crippen LogP contribution in [0.1, 0.15) is 0 Å². The Bertz CT molecular complexity index is 475. The molecule has 0 bridgehead atoms. The molecule has 0 saturated heterocycles. The third kappa shape index (κ3) is 2.90. The van der Waals surface area contributed by atoms with Crippen LogP contribution in [-0.4, -0.2) is 39.9 Å². The Morgan fingerprint density at radius 1 is 1.69 bits per heavy atom. The molecule has 0 saturated carbocycles. The van der Waals surface area contributed by atoms with Crippen LogP contribution in [0.3, 0.4) is 0 Å². The van der Waals surface area contributed by atoms with Crippen LogP contribution in [0.5, 0.6) is 0 Å². The van der Waals surface area contributed by atoms with E-state index in [2.05, 4.69) is 6.58 Å². The summed E-state index contributed by atoms with van der Waals surface area (Å²) in [6.45, 7) is 3.52. The van der Waals surface area contributed by atoms with Gasteiger partial charge in [0.15, 0.2) is 0 Å². The van der Waals surface area contributed by atoms with Gasteiger partial charge in [-0.3, -0.25) is 0 Å².